The lowest BCUT2D eigenvalue weighted by molar-refractivity contribution is 0.0911. The van der Waals surface area contributed by atoms with Crippen LogP contribution in [0.15, 0.2) is 0 Å². The molecule has 2 heterocycles. The molecule has 4 N–H and O–H groups in total. The summed E-state index contributed by atoms with van der Waals surface area (Å²) in [6.07, 6.45) is 1.64. The number of nitrogens with zero attached hydrogens (tertiary/aromatic N) is 3. The van der Waals surface area contributed by atoms with Gasteiger partial charge in [0.2, 0.25) is 0 Å². The number of carbonyl (C=O) groups is 1. The van der Waals surface area contributed by atoms with Crippen LogP contribution in [0.25, 0.3) is 0 Å². The van der Waals surface area contributed by atoms with E-state index in [2.05, 4.69) is 27.1 Å². The summed E-state index contributed by atoms with van der Waals surface area (Å²) in [4.78, 5) is 21.5. The van der Waals surface area contributed by atoms with Crippen LogP contribution in [0, 0.1) is 0 Å². The van der Waals surface area contributed by atoms with Crippen molar-refractivity contribution in [3.63, 3.8) is 0 Å². The molecule has 0 unspecified atom stereocenters. The fraction of sp³-hybridized carbons (Fsp3) is 0.692. The molecule has 0 spiro atoms. The van der Waals surface area contributed by atoms with Crippen LogP contribution in [0.1, 0.15) is 22.5 Å². The topological polar surface area (TPSA) is 94.7 Å². The van der Waals surface area contributed by atoms with Crippen molar-refractivity contribution in [3.8, 4) is 0 Å². The number of nitrogens with two attached hydrogens (primary N) is 1. The number of piperazine rings is 1. The molecule has 1 saturated heterocycles. The van der Waals surface area contributed by atoms with Gasteiger partial charge in [0.05, 0.1) is 12.1 Å². The summed E-state index contributed by atoms with van der Waals surface area (Å²) in [6, 6.07) is 0. The van der Waals surface area contributed by atoms with E-state index in [1.54, 1.807) is 0 Å². The molecule has 1 amide bonds. The van der Waals surface area contributed by atoms with E-state index in [9.17, 15) is 9.90 Å². The van der Waals surface area contributed by atoms with Crippen molar-refractivity contribution in [1.29, 1.82) is 0 Å². The first kappa shape index (κ1) is 14.6. The lowest BCUT2D eigenvalue weighted by atomic mass is 10.3. The quantitative estimate of drug-likeness (QED) is 0.709. The largest absolute Gasteiger partial charge is 0.394 e. The van der Waals surface area contributed by atoms with Crippen molar-refractivity contribution >= 4 is 28.2 Å². The number of hydrogen-bond acceptors (Lipinski definition) is 7. The second-order valence-corrected chi connectivity index (χ2v) is 6.87. The van der Waals surface area contributed by atoms with Gasteiger partial charge in [-0.2, -0.15) is 0 Å². The van der Waals surface area contributed by atoms with E-state index in [4.69, 9.17) is 5.73 Å². The summed E-state index contributed by atoms with van der Waals surface area (Å²) < 4.78 is 0. The first-order chi connectivity index (χ1) is 10.0. The van der Waals surface area contributed by atoms with Crippen molar-refractivity contribution in [3.05, 3.63) is 4.88 Å². The van der Waals surface area contributed by atoms with Gasteiger partial charge in [-0.3, -0.25) is 4.79 Å². The number of likely N-dealkylation sites (N-methyl/N-ethyl adjacent to an activating group) is 1. The Labute approximate surface area is 127 Å². The van der Waals surface area contributed by atoms with E-state index in [-0.39, 0.29) is 18.3 Å². The Balaban J connectivity index is 1.70. The smallest absolute Gasteiger partial charge is 0.265 e. The minimum Gasteiger partial charge on any atom is -0.394 e. The maximum atomic E-state index is 12.3. The summed E-state index contributed by atoms with van der Waals surface area (Å²) in [5.41, 5.74) is 5.47. The van der Waals surface area contributed by atoms with Crippen molar-refractivity contribution < 1.29 is 9.90 Å². The highest BCUT2D eigenvalue weighted by Gasteiger charge is 2.44. The standard InChI is InChI=1S/C13H21N5O2S/c1-17-4-6-18(7-5-17)12-15-10(14)9(21-12)11(20)16-13(8-19)2-3-13/h19H,2-8,14H2,1H3,(H,16,20). The van der Waals surface area contributed by atoms with E-state index in [1.807, 2.05) is 0 Å². The molecule has 1 saturated carbocycles. The highest BCUT2D eigenvalue weighted by atomic mass is 32.1. The number of thiazole rings is 1. The Morgan fingerprint density at radius 3 is 2.67 bits per heavy atom. The molecule has 7 nitrogen and oxygen atoms in total. The number of hydrogen-bond donors (Lipinski definition) is 3. The fourth-order valence-electron chi connectivity index (χ4n) is 2.39. The van der Waals surface area contributed by atoms with Gasteiger partial charge >= 0.3 is 0 Å². The van der Waals surface area contributed by atoms with Crippen molar-refractivity contribution in [1.82, 2.24) is 15.2 Å². The molecule has 2 aliphatic rings. The number of aliphatic hydroxyl groups is 1. The normalized spacial score (nSPS) is 21.3. The van der Waals surface area contributed by atoms with Gasteiger partial charge in [0.25, 0.3) is 5.91 Å². The third-order valence-corrected chi connectivity index (χ3v) is 5.29. The number of nitrogen functional groups attached to an aromatic ring is 1. The zero-order chi connectivity index (χ0) is 15.0. The first-order valence-electron chi connectivity index (χ1n) is 7.16. The molecule has 0 aromatic carbocycles. The Kier molecular flexibility index (Phi) is 3.76. The Bertz CT molecular complexity index is 535. The molecule has 1 aromatic heterocycles. The van der Waals surface area contributed by atoms with E-state index < -0.39 is 5.54 Å². The van der Waals surface area contributed by atoms with E-state index >= 15 is 0 Å². The molecule has 1 aliphatic heterocycles. The van der Waals surface area contributed by atoms with Crippen LogP contribution < -0.4 is 16.0 Å². The van der Waals surface area contributed by atoms with Gasteiger partial charge in [-0.1, -0.05) is 11.3 Å². The van der Waals surface area contributed by atoms with Gasteiger partial charge < -0.3 is 26.0 Å². The molecule has 116 valence electrons. The molecule has 0 bridgehead atoms. The van der Waals surface area contributed by atoms with Crippen LogP contribution in [0.2, 0.25) is 0 Å². The number of carbonyl (C=O) groups excluding carboxylic acids is 1. The van der Waals surface area contributed by atoms with Crippen molar-refractivity contribution in [2.24, 2.45) is 0 Å². The van der Waals surface area contributed by atoms with Crippen LogP contribution in [-0.2, 0) is 0 Å². The van der Waals surface area contributed by atoms with Gasteiger partial charge in [0, 0.05) is 26.2 Å². The fourth-order valence-corrected chi connectivity index (χ4v) is 3.32. The van der Waals surface area contributed by atoms with Gasteiger partial charge in [-0.15, -0.1) is 0 Å². The molecule has 1 aromatic rings. The molecule has 1 aliphatic carbocycles. The summed E-state index contributed by atoms with van der Waals surface area (Å²) in [5, 5.41) is 13.0. The molecular weight excluding hydrogens is 290 g/mol. The second kappa shape index (κ2) is 5.43. The minimum absolute atomic E-state index is 0.0250. The van der Waals surface area contributed by atoms with Gasteiger partial charge in [-0.25, -0.2) is 4.98 Å². The second-order valence-electron chi connectivity index (χ2n) is 5.89. The Morgan fingerprint density at radius 2 is 2.10 bits per heavy atom. The number of rotatable bonds is 4. The predicted octanol–water partition coefficient (Wildman–Crippen LogP) is -0.268. The molecule has 0 radical (unpaired) electrons. The molecule has 21 heavy (non-hydrogen) atoms. The zero-order valence-corrected chi connectivity index (χ0v) is 12.9. The van der Waals surface area contributed by atoms with Gasteiger partial charge in [0.15, 0.2) is 5.13 Å². The van der Waals surface area contributed by atoms with Crippen LogP contribution in [0.5, 0.6) is 0 Å². The summed E-state index contributed by atoms with van der Waals surface area (Å²) in [7, 11) is 2.09. The number of aromatic nitrogens is 1. The number of aliphatic hydroxyl groups excluding tert-OH is 1. The number of anilines is 2. The predicted molar refractivity (Wildman–Crippen MR) is 82.8 cm³/mol. The summed E-state index contributed by atoms with van der Waals surface area (Å²) >= 11 is 1.33. The molecular formula is C13H21N5O2S. The van der Waals surface area contributed by atoms with E-state index in [0.29, 0.717) is 4.88 Å². The highest BCUT2D eigenvalue weighted by Crippen LogP contribution is 2.36. The molecule has 2 fully saturated rings. The van der Waals surface area contributed by atoms with Crippen LogP contribution in [0.4, 0.5) is 10.9 Å². The first-order valence-corrected chi connectivity index (χ1v) is 7.98. The van der Waals surface area contributed by atoms with Gasteiger partial charge in [0.1, 0.15) is 10.7 Å². The SMILES string of the molecule is CN1CCN(c2nc(N)c(C(=O)NC3(CO)CC3)s2)CC1. The third kappa shape index (κ3) is 2.97. The lowest BCUT2D eigenvalue weighted by Gasteiger charge is -2.31. The van der Waals surface area contributed by atoms with Crippen LogP contribution in [0.3, 0.4) is 0 Å². The van der Waals surface area contributed by atoms with Crippen molar-refractivity contribution in [2.75, 3.05) is 50.5 Å². The zero-order valence-electron chi connectivity index (χ0n) is 12.1. The average Bonchev–Trinajstić information content (AvgIpc) is 3.13. The van der Waals surface area contributed by atoms with E-state index in [1.165, 1.54) is 11.3 Å². The molecule has 0 atom stereocenters. The Hall–Kier alpha value is -1.38. The molecule has 3 rings (SSSR count). The maximum absolute atomic E-state index is 12.3. The average molecular weight is 311 g/mol. The highest BCUT2D eigenvalue weighted by molar-refractivity contribution is 7.18. The third-order valence-electron chi connectivity index (χ3n) is 4.16. The lowest BCUT2D eigenvalue weighted by Crippen LogP contribution is -2.44. The molecule has 8 heteroatoms. The Morgan fingerprint density at radius 1 is 1.43 bits per heavy atom. The minimum atomic E-state index is -0.429. The summed E-state index contributed by atoms with van der Waals surface area (Å²) in [5.74, 6) is 0.0529. The van der Waals surface area contributed by atoms with E-state index in [0.717, 1.165) is 44.2 Å². The van der Waals surface area contributed by atoms with Crippen molar-refractivity contribution in [2.45, 2.75) is 18.4 Å². The number of amides is 1. The number of nitrogens with one attached hydrogen (secondary N) is 1. The maximum Gasteiger partial charge on any atom is 0.265 e. The van der Waals surface area contributed by atoms with Crippen LogP contribution >= 0.6 is 11.3 Å². The monoisotopic (exact) mass is 311 g/mol. The van der Waals surface area contributed by atoms with Crippen LogP contribution in [-0.4, -0.2) is 66.3 Å². The summed E-state index contributed by atoms with van der Waals surface area (Å²) in [6.45, 7) is 3.72. The van der Waals surface area contributed by atoms with Gasteiger partial charge in [-0.05, 0) is 19.9 Å².